The maximum atomic E-state index is 9.10. The van der Waals surface area contributed by atoms with Gasteiger partial charge in [-0.2, -0.15) is 0 Å². The molecule has 0 radical (unpaired) electrons. The van der Waals surface area contributed by atoms with Gasteiger partial charge in [0.05, 0.1) is 0 Å². The second-order valence-corrected chi connectivity index (χ2v) is 4.62. The second kappa shape index (κ2) is 8.41. The minimum atomic E-state index is -1.82. The SMILES string of the molecule is Cc1ccc(NCc2ccncc2)cc1C.O=C(O)C(=O)O. The van der Waals surface area contributed by atoms with Crippen molar-refractivity contribution in [1.29, 1.82) is 0 Å². The number of aryl methyl sites for hydroxylation is 2. The first-order valence-electron chi connectivity index (χ1n) is 6.56. The first-order chi connectivity index (χ1) is 10.4. The lowest BCUT2D eigenvalue weighted by Gasteiger charge is -2.08. The maximum absolute atomic E-state index is 9.10. The number of nitrogens with one attached hydrogen (secondary N) is 1. The van der Waals surface area contributed by atoms with E-state index in [-0.39, 0.29) is 0 Å². The van der Waals surface area contributed by atoms with Crippen LogP contribution in [0.25, 0.3) is 0 Å². The van der Waals surface area contributed by atoms with E-state index in [1.165, 1.54) is 22.4 Å². The lowest BCUT2D eigenvalue weighted by molar-refractivity contribution is -0.159. The van der Waals surface area contributed by atoms with E-state index in [4.69, 9.17) is 19.8 Å². The van der Waals surface area contributed by atoms with E-state index in [2.05, 4.69) is 42.3 Å². The smallest absolute Gasteiger partial charge is 0.414 e. The van der Waals surface area contributed by atoms with E-state index in [1.54, 1.807) is 0 Å². The molecule has 0 aliphatic carbocycles. The molecule has 22 heavy (non-hydrogen) atoms. The van der Waals surface area contributed by atoms with Crippen LogP contribution >= 0.6 is 0 Å². The van der Waals surface area contributed by atoms with Gasteiger partial charge in [0.1, 0.15) is 0 Å². The lowest BCUT2D eigenvalue weighted by atomic mass is 10.1. The number of carboxylic acids is 2. The number of benzene rings is 1. The monoisotopic (exact) mass is 302 g/mol. The molecule has 0 saturated carbocycles. The van der Waals surface area contributed by atoms with Crippen LogP contribution in [0.2, 0.25) is 0 Å². The van der Waals surface area contributed by atoms with Gasteiger partial charge in [-0.1, -0.05) is 6.07 Å². The maximum Gasteiger partial charge on any atom is 0.414 e. The highest BCUT2D eigenvalue weighted by Gasteiger charge is 2.04. The number of aromatic nitrogens is 1. The van der Waals surface area contributed by atoms with Gasteiger partial charge in [-0.25, -0.2) is 9.59 Å². The fourth-order valence-corrected chi connectivity index (χ4v) is 1.56. The number of hydrogen-bond donors (Lipinski definition) is 3. The molecular formula is C16H18N2O4. The van der Waals surface area contributed by atoms with Crippen molar-refractivity contribution in [3.05, 3.63) is 59.4 Å². The average Bonchev–Trinajstić information content (AvgIpc) is 2.50. The summed E-state index contributed by atoms with van der Waals surface area (Å²) in [5, 5.41) is 18.2. The van der Waals surface area contributed by atoms with Gasteiger partial charge in [-0.05, 0) is 54.8 Å². The van der Waals surface area contributed by atoms with Gasteiger partial charge in [0, 0.05) is 24.6 Å². The first kappa shape index (κ1) is 17.2. The normalized spacial score (nSPS) is 9.36. The van der Waals surface area contributed by atoms with E-state index in [9.17, 15) is 0 Å². The third kappa shape index (κ3) is 6.04. The van der Waals surface area contributed by atoms with Crippen molar-refractivity contribution < 1.29 is 19.8 Å². The second-order valence-electron chi connectivity index (χ2n) is 4.62. The average molecular weight is 302 g/mol. The summed E-state index contributed by atoms with van der Waals surface area (Å²) in [5.41, 5.74) is 5.06. The van der Waals surface area contributed by atoms with Gasteiger partial charge in [0.2, 0.25) is 0 Å². The number of rotatable bonds is 3. The van der Waals surface area contributed by atoms with Crippen LogP contribution in [0.5, 0.6) is 0 Å². The minimum absolute atomic E-state index is 0.838. The van der Waals surface area contributed by atoms with Crippen LogP contribution in [0.15, 0.2) is 42.7 Å². The largest absolute Gasteiger partial charge is 0.473 e. The summed E-state index contributed by atoms with van der Waals surface area (Å²) in [6.07, 6.45) is 3.63. The standard InChI is InChI=1S/C14H16N2.C2H2O4/c1-11-3-4-14(9-12(11)2)16-10-13-5-7-15-8-6-13;3-1(4)2(5)6/h3-9,16H,10H2,1-2H3;(H,3,4)(H,5,6). The minimum Gasteiger partial charge on any atom is -0.473 e. The van der Waals surface area contributed by atoms with Crippen LogP contribution in [0.1, 0.15) is 16.7 Å². The van der Waals surface area contributed by atoms with Gasteiger partial charge in [-0.3, -0.25) is 4.98 Å². The highest BCUT2D eigenvalue weighted by molar-refractivity contribution is 6.27. The molecule has 2 aromatic rings. The number of carbonyl (C=O) groups is 2. The Bertz CT molecular complexity index is 630. The summed E-state index contributed by atoms with van der Waals surface area (Å²) < 4.78 is 0. The first-order valence-corrected chi connectivity index (χ1v) is 6.56. The Morgan fingerprint density at radius 3 is 2.09 bits per heavy atom. The van der Waals surface area contributed by atoms with E-state index >= 15 is 0 Å². The Morgan fingerprint density at radius 1 is 1.00 bits per heavy atom. The highest BCUT2D eigenvalue weighted by Crippen LogP contribution is 2.14. The van der Waals surface area contributed by atoms with Crippen LogP contribution in [-0.4, -0.2) is 27.1 Å². The number of anilines is 1. The molecular weight excluding hydrogens is 284 g/mol. The molecule has 0 bridgehead atoms. The zero-order valence-corrected chi connectivity index (χ0v) is 12.4. The Kier molecular flexibility index (Phi) is 6.56. The number of carboxylic acid groups (broad SMARTS) is 2. The fraction of sp³-hybridized carbons (Fsp3) is 0.188. The van der Waals surface area contributed by atoms with Gasteiger partial charge in [0.25, 0.3) is 0 Å². The molecule has 1 aromatic heterocycles. The molecule has 0 spiro atoms. The Balaban J connectivity index is 0.000000346. The van der Waals surface area contributed by atoms with Crippen LogP contribution < -0.4 is 5.32 Å². The molecule has 0 fully saturated rings. The molecule has 116 valence electrons. The number of nitrogens with zero attached hydrogens (tertiary/aromatic N) is 1. The molecule has 1 aromatic carbocycles. The Hall–Kier alpha value is -2.89. The molecule has 0 saturated heterocycles. The quantitative estimate of drug-likeness (QED) is 0.753. The molecule has 0 atom stereocenters. The molecule has 6 heteroatoms. The van der Waals surface area contributed by atoms with Gasteiger partial charge in [0.15, 0.2) is 0 Å². The van der Waals surface area contributed by atoms with Crippen molar-refractivity contribution in [3.63, 3.8) is 0 Å². The van der Waals surface area contributed by atoms with Crippen molar-refractivity contribution >= 4 is 17.6 Å². The van der Waals surface area contributed by atoms with E-state index in [0.717, 1.165) is 6.54 Å². The number of aliphatic carboxylic acids is 2. The summed E-state index contributed by atoms with van der Waals surface area (Å²) in [6.45, 7) is 5.10. The van der Waals surface area contributed by atoms with Crippen molar-refractivity contribution in [2.75, 3.05) is 5.32 Å². The molecule has 0 unspecified atom stereocenters. The van der Waals surface area contributed by atoms with Gasteiger partial charge < -0.3 is 15.5 Å². The third-order valence-electron chi connectivity index (χ3n) is 2.94. The predicted molar refractivity (Wildman–Crippen MR) is 82.8 cm³/mol. The molecule has 6 nitrogen and oxygen atoms in total. The van der Waals surface area contributed by atoms with Crippen molar-refractivity contribution in [2.24, 2.45) is 0 Å². The summed E-state index contributed by atoms with van der Waals surface area (Å²) >= 11 is 0. The molecule has 0 aliphatic rings. The summed E-state index contributed by atoms with van der Waals surface area (Å²) in [7, 11) is 0. The van der Waals surface area contributed by atoms with Gasteiger partial charge >= 0.3 is 11.9 Å². The molecule has 3 N–H and O–H groups in total. The number of hydrogen-bond acceptors (Lipinski definition) is 4. The molecule has 1 heterocycles. The van der Waals surface area contributed by atoms with Crippen LogP contribution in [0.4, 0.5) is 5.69 Å². The van der Waals surface area contributed by atoms with E-state index in [0.29, 0.717) is 0 Å². The summed E-state index contributed by atoms with van der Waals surface area (Å²) in [5.74, 6) is -3.65. The van der Waals surface area contributed by atoms with Gasteiger partial charge in [-0.15, -0.1) is 0 Å². The zero-order valence-electron chi connectivity index (χ0n) is 12.4. The van der Waals surface area contributed by atoms with E-state index < -0.39 is 11.9 Å². The molecule has 2 rings (SSSR count). The van der Waals surface area contributed by atoms with Crippen LogP contribution in [-0.2, 0) is 16.1 Å². The highest BCUT2D eigenvalue weighted by atomic mass is 16.4. The molecule has 0 amide bonds. The third-order valence-corrected chi connectivity index (χ3v) is 2.94. The predicted octanol–water partition coefficient (Wildman–Crippen LogP) is 2.47. The number of pyridine rings is 1. The van der Waals surface area contributed by atoms with Crippen molar-refractivity contribution in [2.45, 2.75) is 20.4 Å². The Labute approximate surface area is 128 Å². The van der Waals surface area contributed by atoms with E-state index in [1.807, 2.05) is 24.5 Å². The van der Waals surface area contributed by atoms with Crippen LogP contribution in [0, 0.1) is 13.8 Å². The fourth-order valence-electron chi connectivity index (χ4n) is 1.56. The molecule has 0 aliphatic heterocycles. The van der Waals surface area contributed by atoms with Crippen LogP contribution in [0.3, 0.4) is 0 Å². The van der Waals surface area contributed by atoms with Crippen molar-refractivity contribution in [3.8, 4) is 0 Å². The zero-order chi connectivity index (χ0) is 16.5. The lowest BCUT2D eigenvalue weighted by Crippen LogP contribution is -2.09. The van der Waals surface area contributed by atoms with Crippen molar-refractivity contribution in [1.82, 2.24) is 4.98 Å². The topological polar surface area (TPSA) is 99.5 Å². The Morgan fingerprint density at radius 2 is 1.59 bits per heavy atom. The summed E-state index contributed by atoms with van der Waals surface area (Å²) in [6, 6.07) is 10.5. The summed E-state index contributed by atoms with van der Waals surface area (Å²) in [4.78, 5) is 22.2.